The zero-order valence-electron chi connectivity index (χ0n) is 17.1. The molecule has 1 amide bonds. The molecule has 1 aliphatic rings. The fourth-order valence-electron chi connectivity index (χ4n) is 3.65. The van der Waals surface area contributed by atoms with Gasteiger partial charge in [-0.3, -0.25) is 4.79 Å². The normalized spacial score (nSPS) is 15.7. The lowest BCUT2D eigenvalue weighted by molar-refractivity contribution is -0.136. The molecule has 162 valence electrons. The number of benzene rings is 1. The maximum absolute atomic E-state index is 13.0. The van der Waals surface area contributed by atoms with Gasteiger partial charge in [0.05, 0.1) is 23.7 Å². The van der Waals surface area contributed by atoms with E-state index in [-0.39, 0.29) is 24.2 Å². The van der Waals surface area contributed by atoms with Crippen LogP contribution in [0.1, 0.15) is 32.7 Å². The van der Waals surface area contributed by atoms with Gasteiger partial charge in [-0.15, -0.1) is 22.7 Å². The predicted molar refractivity (Wildman–Crippen MR) is 125 cm³/mol. The number of hydrogen-bond donors (Lipinski definition) is 1. The molecule has 0 aliphatic carbocycles. The van der Waals surface area contributed by atoms with Gasteiger partial charge >= 0.3 is 5.97 Å². The Morgan fingerprint density at radius 2 is 2.00 bits per heavy atom. The summed E-state index contributed by atoms with van der Waals surface area (Å²) in [7, 11) is 1.58. The van der Waals surface area contributed by atoms with E-state index in [2.05, 4.69) is 10.1 Å². The highest BCUT2D eigenvalue weighted by molar-refractivity contribution is 7.12. The number of rotatable bonds is 6. The summed E-state index contributed by atoms with van der Waals surface area (Å²) in [6.07, 6.45) is 0.630. The van der Waals surface area contributed by atoms with Crippen LogP contribution in [0.5, 0.6) is 5.75 Å². The average molecular weight is 466 g/mol. The number of carbonyl (C=O) groups is 2. The Balaban J connectivity index is 1.31. The molecule has 1 unspecified atom stereocenters. The molecule has 0 bridgehead atoms. The number of amides is 1. The van der Waals surface area contributed by atoms with Crippen molar-refractivity contribution in [1.82, 2.24) is 9.99 Å². The summed E-state index contributed by atoms with van der Waals surface area (Å²) in [6, 6.07) is 14.9. The van der Waals surface area contributed by atoms with Gasteiger partial charge in [0, 0.05) is 28.3 Å². The van der Waals surface area contributed by atoms with Crippen LogP contribution in [0.3, 0.4) is 0 Å². The van der Waals surface area contributed by atoms with Gasteiger partial charge in [0.15, 0.2) is 6.61 Å². The fourth-order valence-corrected chi connectivity index (χ4v) is 5.18. The van der Waals surface area contributed by atoms with Gasteiger partial charge in [-0.05, 0) is 41.1 Å². The summed E-state index contributed by atoms with van der Waals surface area (Å²) < 4.78 is 10.5. The number of aromatic amines is 1. The van der Waals surface area contributed by atoms with Crippen LogP contribution >= 0.6 is 22.7 Å². The Labute approximate surface area is 191 Å². The smallest absolute Gasteiger partial charge is 0.355 e. The van der Waals surface area contributed by atoms with Gasteiger partial charge in [0.1, 0.15) is 11.4 Å². The van der Waals surface area contributed by atoms with Crippen LogP contribution < -0.4 is 4.74 Å². The van der Waals surface area contributed by atoms with Crippen LogP contribution in [0.4, 0.5) is 0 Å². The molecule has 5 rings (SSSR count). The van der Waals surface area contributed by atoms with Crippen molar-refractivity contribution in [3.63, 3.8) is 0 Å². The summed E-state index contributed by atoms with van der Waals surface area (Å²) >= 11 is 3.17. The molecule has 9 heteroatoms. The van der Waals surface area contributed by atoms with E-state index in [1.807, 2.05) is 47.2 Å². The minimum absolute atomic E-state index is 0.196. The Kier molecular flexibility index (Phi) is 5.50. The van der Waals surface area contributed by atoms with Crippen LogP contribution in [0.25, 0.3) is 10.9 Å². The van der Waals surface area contributed by atoms with Crippen molar-refractivity contribution in [2.45, 2.75) is 12.5 Å². The minimum atomic E-state index is -0.595. The van der Waals surface area contributed by atoms with Gasteiger partial charge in [-0.25, -0.2) is 9.80 Å². The third-order valence-electron chi connectivity index (χ3n) is 5.22. The van der Waals surface area contributed by atoms with Gasteiger partial charge < -0.3 is 14.5 Å². The second-order valence-corrected chi connectivity index (χ2v) is 9.14. The Hall–Kier alpha value is -3.43. The number of nitrogens with one attached hydrogen (secondary N) is 1. The quantitative estimate of drug-likeness (QED) is 0.413. The number of carbonyl (C=O) groups excluding carboxylic acids is 2. The summed E-state index contributed by atoms with van der Waals surface area (Å²) in [5, 5.41) is 10.8. The summed E-state index contributed by atoms with van der Waals surface area (Å²) in [4.78, 5) is 30.6. The number of H-pyrrole nitrogens is 1. The number of ether oxygens (including phenoxy) is 2. The highest BCUT2D eigenvalue weighted by Crippen LogP contribution is 2.36. The van der Waals surface area contributed by atoms with Gasteiger partial charge in [-0.2, -0.15) is 5.10 Å². The van der Waals surface area contributed by atoms with E-state index in [1.165, 1.54) is 5.01 Å². The highest BCUT2D eigenvalue weighted by Gasteiger charge is 2.34. The van der Waals surface area contributed by atoms with Crippen molar-refractivity contribution >= 4 is 51.2 Å². The monoisotopic (exact) mass is 465 g/mol. The lowest BCUT2D eigenvalue weighted by Crippen LogP contribution is -2.31. The number of thiophene rings is 2. The molecule has 1 atom stereocenters. The van der Waals surface area contributed by atoms with Crippen LogP contribution in [0, 0.1) is 0 Å². The van der Waals surface area contributed by atoms with E-state index >= 15 is 0 Å². The second kappa shape index (κ2) is 8.60. The number of nitrogens with zero attached hydrogens (tertiary/aromatic N) is 2. The van der Waals surface area contributed by atoms with Crippen molar-refractivity contribution in [3.05, 3.63) is 74.7 Å². The molecule has 0 saturated heterocycles. The van der Waals surface area contributed by atoms with Crippen LogP contribution in [0.15, 0.2) is 64.4 Å². The van der Waals surface area contributed by atoms with E-state index < -0.39 is 5.97 Å². The topological polar surface area (TPSA) is 84.0 Å². The second-order valence-electron chi connectivity index (χ2n) is 7.21. The van der Waals surface area contributed by atoms with Crippen molar-refractivity contribution < 1.29 is 19.1 Å². The predicted octanol–water partition coefficient (Wildman–Crippen LogP) is 4.83. The largest absolute Gasteiger partial charge is 0.497 e. The highest BCUT2D eigenvalue weighted by atomic mass is 32.1. The molecule has 4 aromatic rings. The maximum Gasteiger partial charge on any atom is 0.355 e. The van der Waals surface area contributed by atoms with Crippen molar-refractivity contribution in [1.29, 1.82) is 0 Å². The Bertz CT molecular complexity index is 1290. The number of methoxy groups -OCH3 is 1. The summed E-state index contributed by atoms with van der Waals surface area (Å²) in [5.41, 5.74) is 1.90. The van der Waals surface area contributed by atoms with Crippen LogP contribution in [-0.2, 0) is 9.53 Å². The number of fused-ring (bicyclic) bond motifs is 1. The molecule has 32 heavy (non-hydrogen) atoms. The molecule has 0 spiro atoms. The molecule has 1 aliphatic heterocycles. The van der Waals surface area contributed by atoms with Crippen molar-refractivity contribution in [2.75, 3.05) is 13.7 Å². The molecular formula is C23H19N3O4S2. The number of esters is 1. The molecule has 0 saturated carbocycles. The lowest BCUT2D eigenvalue weighted by atomic mass is 10.1. The van der Waals surface area contributed by atoms with E-state index in [9.17, 15) is 9.59 Å². The number of hydrogen-bond acceptors (Lipinski definition) is 7. The molecule has 1 aromatic carbocycles. The maximum atomic E-state index is 13.0. The van der Waals surface area contributed by atoms with E-state index in [1.54, 1.807) is 41.9 Å². The number of aromatic nitrogens is 1. The first-order chi connectivity index (χ1) is 15.6. The van der Waals surface area contributed by atoms with Crippen molar-refractivity contribution in [3.8, 4) is 5.75 Å². The molecule has 0 radical (unpaired) electrons. The van der Waals surface area contributed by atoms with E-state index in [4.69, 9.17) is 9.47 Å². The third kappa shape index (κ3) is 3.92. The summed E-state index contributed by atoms with van der Waals surface area (Å²) in [5.74, 6) is -0.272. The standard InChI is InChI=1S/C23H19N3O4S2/c1-29-15-7-6-14-10-18(24-16(14)11-15)23(28)30-13-22(27)26-19(21-5-3-9-32-21)12-17(25-26)20-4-2-8-31-20/h2-11,19,24H,12-13H2,1H3. The zero-order valence-corrected chi connectivity index (χ0v) is 18.7. The first-order valence-corrected chi connectivity index (χ1v) is 11.7. The van der Waals surface area contributed by atoms with Gasteiger partial charge in [0.25, 0.3) is 5.91 Å². The zero-order chi connectivity index (χ0) is 22.1. The first kappa shape index (κ1) is 20.5. The SMILES string of the molecule is COc1ccc2cc(C(=O)OCC(=O)N3N=C(c4cccs4)CC3c3cccs3)[nH]c2c1. The Morgan fingerprint density at radius 1 is 1.16 bits per heavy atom. The van der Waals surface area contributed by atoms with Crippen molar-refractivity contribution in [2.24, 2.45) is 5.10 Å². The molecule has 0 fully saturated rings. The molecule has 4 heterocycles. The van der Waals surface area contributed by atoms with Gasteiger partial charge in [-0.1, -0.05) is 12.1 Å². The average Bonchev–Trinajstić information content (AvgIpc) is 3.61. The summed E-state index contributed by atoms with van der Waals surface area (Å²) in [6.45, 7) is -0.388. The number of hydrazone groups is 1. The van der Waals surface area contributed by atoms with Crippen LogP contribution in [-0.4, -0.2) is 41.3 Å². The third-order valence-corrected chi connectivity index (χ3v) is 7.11. The first-order valence-electron chi connectivity index (χ1n) is 9.93. The Morgan fingerprint density at radius 3 is 2.75 bits per heavy atom. The lowest BCUT2D eigenvalue weighted by Gasteiger charge is -2.20. The molecule has 3 aromatic heterocycles. The molecular weight excluding hydrogens is 446 g/mol. The molecule has 7 nitrogen and oxygen atoms in total. The fraction of sp³-hybridized carbons (Fsp3) is 0.174. The molecule has 1 N–H and O–H groups in total. The van der Waals surface area contributed by atoms with Crippen LogP contribution in [0.2, 0.25) is 0 Å². The minimum Gasteiger partial charge on any atom is -0.497 e. The van der Waals surface area contributed by atoms with Gasteiger partial charge in [0.2, 0.25) is 0 Å². The van der Waals surface area contributed by atoms with E-state index in [0.29, 0.717) is 12.2 Å². The van der Waals surface area contributed by atoms with E-state index in [0.717, 1.165) is 26.4 Å².